The van der Waals surface area contributed by atoms with Gasteiger partial charge in [-0.3, -0.25) is 0 Å². The first-order chi connectivity index (χ1) is 6.83. The van der Waals surface area contributed by atoms with Crippen molar-refractivity contribution in [3.8, 4) is 11.5 Å². The normalized spacial score (nSPS) is 10.5. The van der Waals surface area contributed by atoms with Crippen LogP contribution in [0.25, 0.3) is 6.08 Å². The van der Waals surface area contributed by atoms with Gasteiger partial charge in [0.25, 0.3) is 0 Å². The van der Waals surface area contributed by atoms with E-state index < -0.39 is 0 Å². The van der Waals surface area contributed by atoms with E-state index in [9.17, 15) is 0 Å². The van der Waals surface area contributed by atoms with E-state index >= 15 is 0 Å². The summed E-state index contributed by atoms with van der Waals surface area (Å²) >= 11 is 5.56. The van der Waals surface area contributed by atoms with Crippen molar-refractivity contribution in [2.75, 3.05) is 20.1 Å². The van der Waals surface area contributed by atoms with Crippen LogP contribution in [0.15, 0.2) is 24.3 Å². The highest BCUT2D eigenvalue weighted by Gasteiger charge is 2.05. The van der Waals surface area contributed by atoms with Crippen LogP contribution in [0, 0.1) is 0 Å². The minimum Gasteiger partial charge on any atom is -0.493 e. The zero-order valence-corrected chi connectivity index (χ0v) is 9.04. The Morgan fingerprint density at radius 3 is 2.64 bits per heavy atom. The molecular formula is C11H13ClO2. The van der Waals surface area contributed by atoms with Crippen molar-refractivity contribution in [2.24, 2.45) is 0 Å². The van der Waals surface area contributed by atoms with Crippen LogP contribution in [-0.4, -0.2) is 20.1 Å². The molecule has 0 atom stereocenters. The smallest absolute Gasteiger partial charge is 0.167 e. The lowest BCUT2D eigenvalue weighted by Gasteiger charge is -2.09. The summed E-state index contributed by atoms with van der Waals surface area (Å²) in [6.07, 6.45) is 3.77. The number of benzene rings is 1. The summed E-state index contributed by atoms with van der Waals surface area (Å²) in [5.74, 6) is 1.95. The molecule has 0 unspecified atom stereocenters. The molecule has 0 radical (unpaired) electrons. The molecule has 76 valence electrons. The molecule has 0 aliphatic rings. The van der Waals surface area contributed by atoms with Gasteiger partial charge in [-0.15, -0.1) is 11.6 Å². The number of allylic oxidation sites excluding steroid dienone is 1. The molecule has 0 aromatic heterocycles. The van der Waals surface area contributed by atoms with Crippen LogP contribution in [0.5, 0.6) is 11.5 Å². The second-order valence-electron chi connectivity index (χ2n) is 2.64. The van der Waals surface area contributed by atoms with E-state index in [2.05, 4.69) is 0 Å². The largest absolute Gasteiger partial charge is 0.493 e. The van der Waals surface area contributed by atoms with Gasteiger partial charge >= 0.3 is 0 Å². The maximum absolute atomic E-state index is 5.56. The molecule has 0 saturated carbocycles. The molecule has 0 fully saturated rings. The highest BCUT2D eigenvalue weighted by molar-refractivity contribution is 6.19. The van der Waals surface area contributed by atoms with E-state index in [1.54, 1.807) is 14.2 Å². The van der Waals surface area contributed by atoms with Gasteiger partial charge in [0, 0.05) is 11.4 Å². The Morgan fingerprint density at radius 1 is 1.29 bits per heavy atom. The number of para-hydroxylation sites is 1. The van der Waals surface area contributed by atoms with E-state index in [0.29, 0.717) is 5.88 Å². The maximum Gasteiger partial charge on any atom is 0.167 e. The monoisotopic (exact) mass is 212 g/mol. The van der Waals surface area contributed by atoms with Crippen LogP contribution in [0.2, 0.25) is 0 Å². The van der Waals surface area contributed by atoms with Crippen molar-refractivity contribution in [1.82, 2.24) is 0 Å². The molecule has 0 N–H and O–H groups in total. The highest BCUT2D eigenvalue weighted by Crippen LogP contribution is 2.31. The molecule has 0 aliphatic carbocycles. The average molecular weight is 213 g/mol. The minimum absolute atomic E-state index is 0.486. The lowest BCUT2D eigenvalue weighted by atomic mass is 10.1. The predicted octanol–water partition coefficient (Wildman–Crippen LogP) is 2.96. The van der Waals surface area contributed by atoms with Gasteiger partial charge in [-0.05, 0) is 6.07 Å². The van der Waals surface area contributed by atoms with Crippen LogP contribution in [0.1, 0.15) is 5.56 Å². The van der Waals surface area contributed by atoms with Gasteiger partial charge in [0.05, 0.1) is 14.2 Å². The molecule has 0 amide bonds. The van der Waals surface area contributed by atoms with Gasteiger partial charge in [0.2, 0.25) is 0 Å². The van der Waals surface area contributed by atoms with Crippen molar-refractivity contribution < 1.29 is 9.47 Å². The van der Waals surface area contributed by atoms with Crippen molar-refractivity contribution >= 4 is 17.7 Å². The molecule has 1 aromatic carbocycles. The fraction of sp³-hybridized carbons (Fsp3) is 0.273. The topological polar surface area (TPSA) is 18.5 Å². The van der Waals surface area contributed by atoms with Crippen LogP contribution in [0.4, 0.5) is 0 Å². The van der Waals surface area contributed by atoms with Crippen molar-refractivity contribution in [1.29, 1.82) is 0 Å². The number of hydrogen-bond acceptors (Lipinski definition) is 2. The third kappa shape index (κ3) is 2.42. The van der Waals surface area contributed by atoms with E-state index in [4.69, 9.17) is 21.1 Å². The second-order valence-corrected chi connectivity index (χ2v) is 2.95. The number of methoxy groups -OCH3 is 2. The minimum atomic E-state index is 0.486. The summed E-state index contributed by atoms with van der Waals surface area (Å²) in [7, 11) is 3.24. The molecule has 14 heavy (non-hydrogen) atoms. The van der Waals surface area contributed by atoms with Crippen molar-refractivity contribution in [3.63, 3.8) is 0 Å². The van der Waals surface area contributed by atoms with Gasteiger partial charge in [0.1, 0.15) is 0 Å². The summed E-state index contributed by atoms with van der Waals surface area (Å²) in [6.45, 7) is 0. The van der Waals surface area contributed by atoms with Gasteiger partial charge in [0.15, 0.2) is 11.5 Å². The first-order valence-electron chi connectivity index (χ1n) is 4.27. The Morgan fingerprint density at radius 2 is 2.07 bits per heavy atom. The van der Waals surface area contributed by atoms with Gasteiger partial charge < -0.3 is 9.47 Å². The Kier molecular flexibility index (Phi) is 4.33. The molecule has 0 saturated heterocycles. The van der Waals surface area contributed by atoms with Gasteiger partial charge in [-0.1, -0.05) is 24.3 Å². The molecule has 1 aromatic rings. The van der Waals surface area contributed by atoms with Gasteiger partial charge in [-0.2, -0.15) is 0 Å². The molecular weight excluding hydrogens is 200 g/mol. The Balaban J connectivity index is 3.08. The lowest BCUT2D eigenvalue weighted by Crippen LogP contribution is -1.92. The predicted molar refractivity (Wildman–Crippen MR) is 59.3 cm³/mol. The first kappa shape index (κ1) is 10.9. The summed E-state index contributed by atoms with van der Waals surface area (Å²) in [5.41, 5.74) is 0.965. The van der Waals surface area contributed by atoms with Crippen molar-refractivity contribution in [3.05, 3.63) is 29.8 Å². The number of halogens is 1. The lowest BCUT2D eigenvalue weighted by molar-refractivity contribution is 0.354. The zero-order chi connectivity index (χ0) is 10.4. The van der Waals surface area contributed by atoms with E-state index in [1.807, 2.05) is 30.4 Å². The maximum atomic E-state index is 5.56. The van der Waals surface area contributed by atoms with E-state index in [-0.39, 0.29) is 0 Å². The van der Waals surface area contributed by atoms with Crippen LogP contribution in [0.3, 0.4) is 0 Å². The molecule has 0 spiro atoms. The van der Waals surface area contributed by atoms with Crippen molar-refractivity contribution in [2.45, 2.75) is 0 Å². The number of alkyl halides is 1. The standard InChI is InChI=1S/C11H13ClO2/c1-13-10-7-3-5-9(6-4-8-12)11(10)14-2/h3-7H,8H2,1-2H3/b6-4+. The zero-order valence-electron chi connectivity index (χ0n) is 8.29. The SMILES string of the molecule is COc1cccc(/C=C/CCl)c1OC. The highest BCUT2D eigenvalue weighted by atomic mass is 35.5. The molecule has 1 rings (SSSR count). The number of rotatable bonds is 4. The third-order valence-corrected chi connectivity index (χ3v) is 2.00. The molecule has 0 heterocycles. The number of ether oxygens (including phenoxy) is 2. The summed E-state index contributed by atoms with van der Waals surface area (Å²) in [5, 5.41) is 0. The van der Waals surface area contributed by atoms with Gasteiger partial charge in [-0.25, -0.2) is 0 Å². The second kappa shape index (κ2) is 5.55. The Labute approximate surface area is 89.1 Å². The molecule has 3 heteroatoms. The average Bonchev–Trinajstić information content (AvgIpc) is 2.25. The fourth-order valence-corrected chi connectivity index (χ4v) is 1.30. The molecule has 0 bridgehead atoms. The molecule has 0 aliphatic heterocycles. The fourth-order valence-electron chi connectivity index (χ4n) is 1.21. The number of hydrogen-bond donors (Lipinski definition) is 0. The van der Waals surface area contributed by atoms with Crippen LogP contribution >= 0.6 is 11.6 Å². The summed E-state index contributed by atoms with van der Waals surface area (Å²) in [6, 6.07) is 5.72. The first-order valence-corrected chi connectivity index (χ1v) is 4.80. The quantitative estimate of drug-likeness (QED) is 0.715. The molecule has 2 nitrogen and oxygen atoms in total. The summed E-state index contributed by atoms with van der Waals surface area (Å²) in [4.78, 5) is 0. The Bertz CT molecular complexity index is 321. The summed E-state index contributed by atoms with van der Waals surface area (Å²) < 4.78 is 10.4. The van der Waals surface area contributed by atoms with Crippen LogP contribution < -0.4 is 9.47 Å². The van der Waals surface area contributed by atoms with E-state index in [0.717, 1.165) is 17.1 Å². The Hall–Kier alpha value is -1.15. The van der Waals surface area contributed by atoms with E-state index in [1.165, 1.54) is 0 Å². The third-order valence-electron chi connectivity index (χ3n) is 1.82. The van der Waals surface area contributed by atoms with Crippen LogP contribution in [-0.2, 0) is 0 Å².